The molecule has 2 aromatic carbocycles. The average Bonchev–Trinajstić information content (AvgIpc) is 2.38. The van der Waals surface area contributed by atoms with E-state index in [1.807, 2.05) is 13.0 Å². The Morgan fingerprint density at radius 2 is 1.90 bits per heavy atom. The maximum atomic E-state index is 14.0. The van der Waals surface area contributed by atoms with Gasteiger partial charge in [0.05, 0.1) is 16.4 Å². The number of nitrogens with one attached hydrogen (secondary N) is 1. The zero-order valence-corrected chi connectivity index (χ0v) is 12.1. The molecule has 2 aromatic rings. The number of para-hydroxylation sites is 1. The first kappa shape index (κ1) is 14.7. The lowest BCUT2D eigenvalue weighted by Crippen LogP contribution is -2.13. The van der Waals surface area contributed by atoms with Gasteiger partial charge in [0.25, 0.3) is 0 Å². The number of hydrogen-bond donors (Lipinski definition) is 2. The SMILES string of the molecule is Cc1cccc(Cl)c1Nc1ccc(C(N)=S)c(F)c1F. The Hall–Kier alpha value is -1.72. The number of hydrogen-bond acceptors (Lipinski definition) is 2. The highest BCUT2D eigenvalue weighted by Crippen LogP contribution is 2.31. The molecule has 20 heavy (non-hydrogen) atoms. The molecule has 3 N–H and O–H groups in total. The molecule has 0 radical (unpaired) electrons. The van der Waals surface area contributed by atoms with E-state index in [0.29, 0.717) is 10.7 Å². The second-order valence-electron chi connectivity index (χ2n) is 4.21. The minimum Gasteiger partial charge on any atom is -0.389 e. The topological polar surface area (TPSA) is 38.0 Å². The van der Waals surface area contributed by atoms with Crippen LogP contribution in [0.4, 0.5) is 20.2 Å². The van der Waals surface area contributed by atoms with Crippen LogP contribution in [-0.4, -0.2) is 4.99 Å². The number of benzene rings is 2. The lowest BCUT2D eigenvalue weighted by molar-refractivity contribution is 0.510. The second kappa shape index (κ2) is 5.73. The number of nitrogens with two attached hydrogens (primary N) is 1. The quantitative estimate of drug-likeness (QED) is 0.830. The highest BCUT2D eigenvalue weighted by molar-refractivity contribution is 7.80. The molecule has 0 aromatic heterocycles. The molecule has 0 saturated carbocycles. The van der Waals surface area contributed by atoms with Crippen LogP contribution in [0.3, 0.4) is 0 Å². The summed E-state index contributed by atoms with van der Waals surface area (Å²) in [5.41, 5.74) is 6.50. The van der Waals surface area contributed by atoms with Crippen LogP contribution in [0.1, 0.15) is 11.1 Å². The van der Waals surface area contributed by atoms with Crippen molar-refractivity contribution < 1.29 is 8.78 Å². The van der Waals surface area contributed by atoms with Crippen molar-refractivity contribution >= 4 is 40.2 Å². The van der Waals surface area contributed by atoms with Gasteiger partial charge in [0.1, 0.15) is 4.99 Å². The van der Waals surface area contributed by atoms with Gasteiger partial charge in [-0.1, -0.05) is 36.0 Å². The number of rotatable bonds is 3. The molecule has 104 valence electrons. The van der Waals surface area contributed by atoms with E-state index in [4.69, 9.17) is 17.3 Å². The Morgan fingerprint density at radius 1 is 1.20 bits per heavy atom. The monoisotopic (exact) mass is 312 g/mol. The summed E-state index contributed by atoms with van der Waals surface area (Å²) in [5.74, 6) is -2.12. The minimum absolute atomic E-state index is 0.0290. The van der Waals surface area contributed by atoms with E-state index in [1.54, 1.807) is 12.1 Å². The second-order valence-corrected chi connectivity index (χ2v) is 5.06. The summed E-state index contributed by atoms with van der Waals surface area (Å²) in [7, 11) is 0. The fourth-order valence-corrected chi connectivity index (χ4v) is 2.19. The van der Waals surface area contributed by atoms with Crippen LogP contribution >= 0.6 is 23.8 Å². The number of anilines is 2. The Kier molecular flexibility index (Phi) is 4.20. The van der Waals surface area contributed by atoms with Crippen molar-refractivity contribution in [2.24, 2.45) is 5.73 Å². The van der Waals surface area contributed by atoms with Crippen molar-refractivity contribution in [3.8, 4) is 0 Å². The van der Waals surface area contributed by atoms with Crippen LogP contribution in [0.5, 0.6) is 0 Å². The highest BCUT2D eigenvalue weighted by Gasteiger charge is 2.16. The van der Waals surface area contributed by atoms with Crippen molar-refractivity contribution in [2.75, 3.05) is 5.32 Å². The molecule has 0 aliphatic heterocycles. The van der Waals surface area contributed by atoms with Gasteiger partial charge < -0.3 is 11.1 Å². The molecule has 0 aliphatic rings. The normalized spacial score (nSPS) is 10.4. The smallest absolute Gasteiger partial charge is 0.182 e. The predicted molar refractivity (Wildman–Crippen MR) is 81.7 cm³/mol. The molecular weight excluding hydrogens is 302 g/mol. The molecule has 0 unspecified atom stereocenters. The third-order valence-corrected chi connectivity index (χ3v) is 3.36. The maximum absolute atomic E-state index is 14.0. The fraction of sp³-hybridized carbons (Fsp3) is 0.0714. The van der Waals surface area contributed by atoms with Crippen molar-refractivity contribution in [3.05, 3.63) is 58.1 Å². The molecule has 0 bridgehead atoms. The van der Waals surface area contributed by atoms with E-state index in [1.165, 1.54) is 12.1 Å². The summed E-state index contributed by atoms with van der Waals surface area (Å²) in [6.45, 7) is 1.81. The van der Waals surface area contributed by atoms with Gasteiger partial charge in [0.2, 0.25) is 0 Å². The van der Waals surface area contributed by atoms with E-state index >= 15 is 0 Å². The maximum Gasteiger partial charge on any atom is 0.182 e. The van der Waals surface area contributed by atoms with Crippen molar-refractivity contribution in [1.82, 2.24) is 0 Å². The van der Waals surface area contributed by atoms with Gasteiger partial charge in [0.15, 0.2) is 11.6 Å². The number of aryl methyl sites for hydroxylation is 1. The van der Waals surface area contributed by atoms with Gasteiger partial charge in [-0.15, -0.1) is 0 Å². The summed E-state index contributed by atoms with van der Waals surface area (Å²) in [5, 5.41) is 3.20. The molecule has 6 heteroatoms. The van der Waals surface area contributed by atoms with Gasteiger partial charge >= 0.3 is 0 Å². The van der Waals surface area contributed by atoms with E-state index in [2.05, 4.69) is 17.5 Å². The van der Waals surface area contributed by atoms with Crippen molar-refractivity contribution in [2.45, 2.75) is 6.92 Å². The first-order valence-electron chi connectivity index (χ1n) is 5.71. The Balaban J connectivity index is 2.45. The lowest BCUT2D eigenvalue weighted by atomic mass is 10.1. The first-order chi connectivity index (χ1) is 9.41. The van der Waals surface area contributed by atoms with Gasteiger partial charge in [-0.2, -0.15) is 0 Å². The third-order valence-electron chi connectivity index (χ3n) is 2.83. The zero-order chi connectivity index (χ0) is 14.9. The molecule has 0 heterocycles. The molecule has 0 aliphatic carbocycles. The molecular formula is C14H11ClF2N2S. The molecule has 2 rings (SSSR count). The van der Waals surface area contributed by atoms with Gasteiger partial charge in [0, 0.05) is 5.56 Å². The minimum atomic E-state index is -1.08. The van der Waals surface area contributed by atoms with E-state index in [9.17, 15) is 8.78 Å². The summed E-state index contributed by atoms with van der Waals surface area (Å²) in [4.78, 5) is -0.193. The average molecular weight is 313 g/mol. The lowest BCUT2D eigenvalue weighted by Gasteiger charge is -2.13. The van der Waals surface area contributed by atoms with Crippen molar-refractivity contribution in [1.29, 1.82) is 0 Å². The van der Waals surface area contributed by atoms with Gasteiger partial charge in [-0.05, 0) is 30.7 Å². The Morgan fingerprint density at radius 3 is 2.50 bits per heavy atom. The van der Waals surface area contributed by atoms with Gasteiger partial charge in [-0.25, -0.2) is 8.78 Å². The molecule has 0 atom stereocenters. The van der Waals surface area contributed by atoms with E-state index in [0.717, 1.165) is 5.56 Å². The predicted octanol–water partition coefficient (Wildman–Crippen LogP) is 4.30. The summed E-state index contributed by atoms with van der Waals surface area (Å²) < 4.78 is 27.8. The van der Waals surface area contributed by atoms with Crippen LogP contribution in [-0.2, 0) is 0 Å². The summed E-state index contributed by atoms with van der Waals surface area (Å²) in [6.07, 6.45) is 0. The Bertz CT molecular complexity index is 669. The molecule has 2 nitrogen and oxygen atoms in total. The highest BCUT2D eigenvalue weighted by atomic mass is 35.5. The van der Waals surface area contributed by atoms with E-state index < -0.39 is 11.6 Å². The fourth-order valence-electron chi connectivity index (χ4n) is 1.76. The molecule has 0 amide bonds. The van der Waals surface area contributed by atoms with Crippen LogP contribution in [0.15, 0.2) is 30.3 Å². The molecule has 0 saturated heterocycles. The molecule has 0 spiro atoms. The number of halogens is 3. The zero-order valence-electron chi connectivity index (χ0n) is 10.5. The van der Waals surface area contributed by atoms with Gasteiger partial charge in [-0.3, -0.25) is 0 Å². The Labute approximate surface area is 125 Å². The van der Waals surface area contributed by atoms with Crippen molar-refractivity contribution in [3.63, 3.8) is 0 Å². The van der Waals surface area contributed by atoms with Crippen LogP contribution in [0.2, 0.25) is 5.02 Å². The third kappa shape index (κ3) is 2.73. The summed E-state index contributed by atoms with van der Waals surface area (Å²) >= 11 is 10.7. The van der Waals surface area contributed by atoms with Crippen LogP contribution < -0.4 is 11.1 Å². The first-order valence-corrected chi connectivity index (χ1v) is 6.50. The molecule has 0 fully saturated rings. The number of thiocarbonyl (C=S) groups is 1. The van der Waals surface area contributed by atoms with E-state index in [-0.39, 0.29) is 16.2 Å². The largest absolute Gasteiger partial charge is 0.389 e. The summed E-state index contributed by atoms with van der Waals surface area (Å²) in [6, 6.07) is 7.95. The van der Waals surface area contributed by atoms with Crippen LogP contribution in [0.25, 0.3) is 0 Å². The standard InChI is InChI=1S/C14H11ClF2N2S/c1-7-3-2-4-9(15)13(7)19-10-6-5-8(14(18)20)11(16)12(10)17/h2-6,19H,1H3,(H2,18,20). The van der Waals surface area contributed by atoms with Crippen LogP contribution in [0, 0.1) is 18.6 Å².